The molecule has 0 aliphatic heterocycles. The van der Waals surface area contributed by atoms with Gasteiger partial charge in [0.25, 0.3) is 11.6 Å². The van der Waals surface area contributed by atoms with E-state index in [4.69, 9.17) is 11.6 Å². The third kappa shape index (κ3) is 3.04. The van der Waals surface area contributed by atoms with E-state index in [1.165, 1.54) is 18.2 Å². The fraction of sp³-hybridized carbons (Fsp3) is 0.462. The third-order valence-corrected chi connectivity index (χ3v) is 3.95. The summed E-state index contributed by atoms with van der Waals surface area (Å²) in [5.74, 6) is 0.205. The van der Waals surface area contributed by atoms with Gasteiger partial charge in [0.1, 0.15) is 0 Å². The van der Waals surface area contributed by atoms with Crippen molar-refractivity contribution in [2.24, 2.45) is 11.3 Å². The normalized spacial score (nSPS) is 19.8. The number of nitrogens with zero attached hydrogens (tertiary/aromatic N) is 1. The number of non-ortho nitro benzene ring substituents is 1. The van der Waals surface area contributed by atoms with Gasteiger partial charge in [0.15, 0.2) is 0 Å². The summed E-state index contributed by atoms with van der Waals surface area (Å²) in [5, 5.41) is 13.5. The molecule has 19 heavy (non-hydrogen) atoms. The number of nitro benzene ring substituents is 1. The van der Waals surface area contributed by atoms with E-state index in [1.54, 1.807) is 0 Å². The molecule has 1 amide bonds. The van der Waals surface area contributed by atoms with Crippen molar-refractivity contribution in [2.45, 2.75) is 20.3 Å². The summed E-state index contributed by atoms with van der Waals surface area (Å²) in [4.78, 5) is 22.0. The van der Waals surface area contributed by atoms with E-state index in [9.17, 15) is 14.9 Å². The molecule has 5 nitrogen and oxygen atoms in total. The summed E-state index contributed by atoms with van der Waals surface area (Å²) in [6.07, 6.45) is 1.10. The molecule has 0 saturated heterocycles. The van der Waals surface area contributed by atoms with Gasteiger partial charge in [0.2, 0.25) is 0 Å². The molecule has 0 heterocycles. The van der Waals surface area contributed by atoms with Gasteiger partial charge in [-0.2, -0.15) is 0 Å². The second kappa shape index (κ2) is 4.81. The molecule has 1 unspecified atom stereocenters. The molecular formula is C13H15ClN2O3. The molecule has 1 aliphatic rings. The Kier molecular flexibility index (Phi) is 3.49. The van der Waals surface area contributed by atoms with Crippen molar-refractivity contribution in [1.29, 1.82) is 0 Å². The van der Waals surface area contributed by atoms with Crippen molar-refractivity contribution in [2.75, 3.05) is 6.54 Å². The highest BCUT2D eigenvalue weighted by Gasteiger charge is 2.45. The SMILES string of the molecule is CC1(C)CC1CNC(=O)c1ccc([N+](=O)[O-])cc1Cl. The Balaban J connectivity index is 2.01. The van der Waals surface area contributed by atoms with E-state index in [2.05, 4.69) is 19.2 Å². The van der Waals surface area contributed by atoms with Crippen molar-refractivity contribution < 1.29 is 9.72 Å². The van der Waals surface area contributed by atoms with Gasteiger partial charge in [0, 0.05) is 18.7 Å². The standard InChI is InChI=1S/C13H15ClN2O3/c1-13(2)6-8(13)7-15-12(17)10-4-3-9(16(18)19)5-11(10)14/h3-5,8H,6-7H2,1-2H3,(H,15,17). The van der Waals surface area contributed by atoms with Crippen molar-refractivity contribution in [3.05, 3.63) is 38.9 Å². The number of carbonyl (C=O) groups excluding carboxylic acids is 1. The van der Waals surface area contributed by atoms with E-state index in [1.807, 2.05) is 0 Å². The van der Waals surface area contributed by atoms with Crippen LogP contribution in [0.3, 0.4) is 0 Å². The van der Waals surface area contributed by atoms with Crippen molar-refractivity contribution in [3.63, 3.8) is 0 Å². The number of hydrogen-bond acceptors (Lipinski definition) is 3. The quantitative estimate of drug-likeness (QED) is 0.681. The summed E-state index contributed by atoms with van der Waals surface area (Å²) in [6.45, 7) is 4.92. The molecule has 1 fully saturated rings. The maximum Gasteiger partial charge on any atom is 0.270 e. The van der Waals surface area contributed by atoms with Gasteiger partial charge in [-0.15, -0.1) is 0 Å². The minimum Gasteiger partial charge on any atom is -0.352 e. The van der Waals surface area contributed by atoms with Crippen molar-refractivity contribution >= 4 is 23.2 Å². The fourth-order valence-electron chi connectivity index (χ4n) is 2.04. The lowest BCUT2D eigenvalue weighted by atomic mass is 10.1. The van der Waals surface area contributed by atoms with Crippen LogP contribution in [0.5, 0.6) is 0 Å². The van der Waals surface area contributed by atoms with E-state index in [0.717, 1.165) is 6.42 Å². The lowest BCUT2D eigenvalue weighted by Crippen LogP contribution is -2.26. The smallest absolute Gasteiger partial charge is 0.270 e. The second-order valence-corrected chi connectivity index (χ2v) is 5.93. The monoisotopic (exact) mass is 282 g/mol. The Hall–Kier alpha value is -1.62. The van der Waals surface area contributed by atoms with Crippen molar-refractivity contribution in [3.8, 4) is 0 Å². The van der Waals surface area contributed by atoms with E-state index >= 15 is 0 Å². The van der Waals surface area contributed by atoms with Crippen LogP contribution in [-0.2, 0) is 0 Å². The topological polar surface area (TPSA) is 72.2 Å². The highest BCUT2D eigenvalue weighted by Crippen LogP contribution is 2.51. The zero-order chi connectivity index (χ0) is 14.2. The Labute approximate surface area is 116 Å². The van der Waals surface area contributed by atoms with Crippen LogP contribution < -0.4 is 5.32 Å². The predicted octanol–water partition coefficient (Wildman–Crippen LogP) is 3.02. The lowest BCUT2D eigenvalue weighted by molar-refractivity contribution is -0.384. The summed E-state index contributed by atoms with van der Waals surface area (Å²) in [7, 11) is 0. The fourth-order valence-corrected chi connectivity index (χ4v) is 2.30. The molecule has 0 bridgehead atoms. The molecular weight excluding hydrogens is 268 g/mol. The zero-order valence-electron chi connectivity index (χ0n) is 10.8. The molecule has 1 N–H and O–H groups in total. The molecule has 1 aromatic carbocycles. The molecule has 1 atom stereocenters. The minimum absolute atomic E-state index is 0.0988. The molecule has 1 aliphatic carbocycles. The molecule has 6 heteroatoms. The van der Waals surface area contributed by atoms with Gasteiger partial charge in [-0.3, -0.25) is 14.9 Å². The summed E-state index contributed by atoms with van der Waals surface area (Å²) in [6, 6.07) is 3.85. The van der Waals surface area contributed by atoms with Gasteiger partial charge in [-0.05, 0) is 23.8 Å². The number of carbonyl (C=O) groups is 1. The summed E-state index contributed by atoms with van der Waals surface area (Å²) in [5.41, 5.74) is 0.447. The highest BCUT2D eigenvalue weighted by atomic mass is 35.5. The number of benzene rings is 1. The molecule has 0 aromatic heterocycles. The minimum atomic E-state index is -0.541. The number of rotatable bonds is 4. The largest absolute Gasteiger partial charge is 0.352 e. The number of hydrogen-bond donors (Lipinski definition) is 1. The molecule has 2 rings (SSSR count). The number of nitrogens with one attached hydrogen (secondary N) is 1. The zero-order valence-corrected chi connectivity index (χ0v) is 11.5. The van der Waals surface area contributed by atoms with Crippen LogP contribution in [0.4, 0.5) is 5.69 Å². The van der Waals surface area contributed by atoms with Crippen LogP contribution in [0.1, 0.15) is 30.6 Å². The average molecular weight is 283 g/mol. The van der Waals surface area contributed by atoms with Crippen LogP contribution in [0.2, 0.25) is 5.02 Å². The average Bonchev–Trinajstić information content (AvgIpc) is 2.93. The molecule has 0 radical (unpaired) electrons. The Bertz CT molecular complexity index is 543. The first-order chi connectivity index (χ1) is 8.81. The van der Waals surface area contributed by atoms with Crippen LogP contribution in [0.25, 0.3) is 0 Å². The van der Waals surface area contributed by atoms with Gasteiger partial charge < -0.3 is 5.32 Å². The Morgan fingerprint density at radius 1 is 1.58 bits per heavy atom. The maximum atomic E-state index is 11.9. The first kappa shape index (κ1) is 13.8. The first-order valence-electron chi connectivity index (χ1n) is 6.03. The summed E-state index contributed by atoms with van der Waals surface area (Å²) >= 11 is 5.89. The molecule has 102 valence electrons. The lowest BCUT2D eigenvalue weighted by Gasteiger charge is -2.07. The Morgan fingerprint density at radius 3 is 2.68 bits per heavy atom. The van der Waals surface area contributed by atoms with Gasteiger partial charge in [-0.25, -0.2) is 0 Å². The highest BCUT2D eigenvalue weighted by molar-refractivity contribution is 6.34. The number of nitro groups is 1. The van der Waals surface area contributed by atoms with Gasteiger partial charge >= 0.3 is 0 Å². The van der Waals surface area contributed by atoms with Crippen LogP contribution >= 0.6 is 11.6 Å². The van der Waals surface area contributed by atoms with E-state index < -0.39 is 4.92 Å². The maximum absolute atomic E-state index is 11.9. The third-order valence-electron chi connectivity index (χ3n) is 3.63. The molecule has 1 saturated carbocycles. The van der Waals surface area contributed by atoms with E-state index in [0.29, 0.717) is 17.9 Å². The number of halogens is 1. The molecule has 0 spiro atoms. The van der Waals surface area contributed by atoms with E-state index in [-0.39, 0.29) is 22.2 Å². The second-order valence-electron chi connectivity index (χ2n) is 5.52. The van der Waals surface area contributed by atoms with Crippen LogP contribution in [0, 0.1) is 21.4 Å². The van der Waals surface area contributed by atoms with Gasteiger partial charge in [0.05, 0.1) is 15.5 Å². The van der Waals surface area contributed by atoms with Crippen LogP contribution in [0.15, 0.2) is 18.2 Å². The molecule has 1 aromatic rings. The first-order valence-corrected chi connectivity index (χ1v) is 6.41. The Morgan fingerprint density at radius 2 is 2.21 bits per heavy atom. The summed E-state index contributed by atoms with van der Waals surface area (Å²) < 4.78 is 0. The number of amides is 1. The van der Waals surface area contributed by atoms with Crippen LogP contribution in [-0.4, -0.2) is 17.4 Å². The van der Waals surface area contributed by atoms with Crippen molar-refractivity contribution in [1.82, 2.24) is 5.32 Å². The predicted molar refractivity (Wildman–Crippen MR) is 72.3 cm³/mol. The van der Waals surface area contributed by atoms with Gasteiger partial charge in [-0.1, -0.05) is 25.4 Å².